The molecule has 3 nitrogen and oxygen atoms in total. The monoisotopic (exact) mass is 286 g/mol. The molecule has 0 spiro atoms. The van der Waals surface area contributed by atoms with Gasteiger partial charge in [0, 0.05) is 25.0 Å². The molecular weight excluding hydrogens is 260 g/mol. The molecule has 114 valence electrons. The number of hydrogen-bond donors (Lipinski definition) is 1. The van der Waals surface area contributed by atoms with Crippen molar-refractivity contribution in [1.29, 1.82) is 0 Å². The molecule has 1 amide bonds. The number of nitrogens with zero attached hydrogens (tertiary/aromatic N) is 1. The van der Waals surface area contributed by atoms with Gasteiger partial charge in [-0.25, -0.2) is 0 Å². The SMILES string of the molecule is O=C(CCN1CCCC1c1ccccc1)NC1CCCC1. The maximum atomic E-state index is 12.1. The number of amides is 1. The Morgan fingerprint density at radius 3 is 2.62 bits per heavy atom. The van der Waals surface area contributed by atoms with Crippen molar-refractivity contribution >= 4 is 5.91 Å². The first-order valence-electron chi connectivity index (χ1n) is 8.41. The minimum absolute atomic E-state index is 0.237. The van der Waals surface area contributed by atoms with Crippen molar-refractivity contribution in [3.8, 4) is 0 Å². The van der Waals surface area contributed by atoms with Crippen LogP contribution in [0.25, 0.3) is 0 Å². The van der Waals surface area contributed by atoms with Gasteiger partial charge in [0.25, 0.3) is 0 Å². The largest absolute Gasteiger partial charge is 0.353 e. The van der Waals surface area contributed by atoms with Crippen molar-refractivity contribution in [2.75, 3.05) is 13.1 Å². The van der Waals surface area contributed by atoms with E-state index >= 15 is 0 Å². The Kier molecular flexibility index (Phi) is 4.91. The summed E-state index contributed by atoms with van der Waals surface area (Å²) in [6, 6.07) is 11.7. The van der Waals surface area contributed by atoms with Gasteiger partial charge in [-0.1, -0.05) is 43.2 Å². The molecular formula is C18H26N2O. The van der Waals surface area contributed by atoms with Crippen LogP contribution in [0.4, 0.5) is 0 Å². The second-order valence-electron chi connectivity index (χ2n) is 6.40. The van der Waals surface area contributed by atoms with Crippen LogP contribution in [0, 0.1) is 0 Å². The highest BCUT2D eigenvalue weighted by molar-refractivity contribution is 5.76. The fraction of sp³-hybridized carbons (Fsp3) is 0.611. The molecule has 1 saturated heterocycles. The molecule has 1 aromatic rings. The quantitative estimate of drug-likeness (QED) is 0.901. The van der Waals surface area contributed by atoms with Gasteiger partial charge in [0.2, 0.25) is 5.91 Å². The Labute approximate surface area is 127 Å². The van der Waals surface area contributed by atoms with Crippen LogP contribution in [-0.2, 0) is 4.79 Å². The van der Waals surface area contributed by atoms with Gasteiger partial charge in [-0.15, -0.1) is 0 Å². The highest BCUT2D eigenvalue weighted by Gasteiger charge is 2.26. The molecule has 1 N–H and O–H groups in total. The van der Waals surface area contributed by atoms with Crippen molar-refractivity contribution in [2.24, 2.45) is 0 Å². The zero-order valence-electron chi connectivity index (χ0n) is 12.8. The summed E-state index contributed by atoms with van der Waals surface area (Å²) in [4.78, 5) is 14.5. The van der Waals surface area contributed by atoms with E-state index in [0.29, 0.717) is 18.5 Å². The number of carbonyl (C=O) groups is 1. The Morgan fingerprint density at radius 2 is 1.86 bits per heavy atom. The van der Waals surface area contributed by atoms with Crippen LogP contribution in [0.3, 0.4) is 0 Å². The summed E-state index contributed by atoms with van der Waals surface area (Å²) in [6.07, 6.45) is 7.97. The number of carbonyl (C=O) groups excluding carboxylic acids is 1. The zero-order chi connectivity index (χ0) is 14.5. The second-order valence-corrected chi connectivity index (χ2v) is 6.40. The average molecular weight is 286 g/mol. The van der Waals surface area contributed by atoms with E-state index in [1.807, 2.05) is 0 Å². The highest BCUT2D eigenvalue weighted by atomic mass is 16.1. The fourth-order valence-electron chi connectivity index (χ4n) is 3.76. The molecule has 1 atom stereocenters. The molecule has 21 heavy (non-hydrogen) atoms. The van der Waals surface area contributed by atoms with E-state index in [2.05, 4.69) is 40.5 Å². The van der Waals surface area contributed by atoms with Crippen LogP contribution < -0.4 is 5.32 Å². The maximum Gasteiger partial charge on any atom is 0.221 e. The van der Waals surface area contributed by atoms with Crippen molar-refractivity contribution in [3.63, 3.8) is 0 Å². The van der Waals surface area contributed by atoms with E-state index in [-0.39, 0.29) is 5.91 Å². The summed E-state index contributed by atoms with van der Waals surface area (Å²) in [7, 11) is 0. The van der Waals surface area contributed by atoms with Crippen molar-refractivity contribution in [2.45, 2.75) is 57.0 Å². The van der Waals surface area contributed by atoms with Crippen LogP contribution >= 0.6 is 0 Å². The Bertz CT molecular complexity index is 454. The van der Waals surface area contributed by atoms with Crippen molar-refractivity contribution in [3.05, 3.63) is 35.9 Å². The average Bonchev–Trinajstić information content (AvgIpc) is 3.17. The van der Waals surface area contributed by atoms with E-state index in [0.717, 1.165) is 13.1 Å². The third-order valence-electron chi connectivity index (χ3n) is 4.89. The third-order valence-corrected chi connectivity index (χ3v) is 4.89. The number of nitrogens with one attached hydrogen (secondary N) is 1. The molecule has 3 rings (SSSR count). The van der Waals surface area contributed by atoms with E-state index in [1.54, 1.807) is 0 Å². The lowest BCUT2D eigenvalue weighted by Gasteiger charge is -2.25. The molecule has 1 aliphatic heterocycles. The van der Waals surface area contributed by atoms with E-state index in [4.69, 9.17) is 0 Å². The predicted molar refractivity (Wildman–Crippen MR) is 85.0 cm³/mol. The standard InChI is InChI=1S/C18H26N2O/c21-18(19-16-9-4-5-10-16)12-14-20-13-6-11-17(20)15-7-2-1-3-8-15/h1-3,7-8,16-17H,4-6,9-14H2,(H,19,21). The summed E-state index contributed by atoms with van der Waals surface area (Å²) in [6.45, 7) is 2.01. The van der Waals surface area contributed by atoms with Gasteiger partial charge in [0.1, 0.15) is 0 Å². The molecule has 1 saturated carbocycles. The summed E-state index contributed by atoms with van der Waals surface area (Å²) >= 11 is 0. The molecule has 2 fully saturated rings. The van der Waals surface area contributed by atoms with Crippen LogP contribution in [0.1, 0.15) is 56.6 Å². The molecule has 1 aliphatic carbocycles. The Morgan fingerprint density at radius 1 is 1.10 bits per heavy atom. The van der Waals surface area contributed by atoms with Gasteiger partial charge in [-0.05, 0) is 37.8 Å². The summed E-state index contributed by atoms with van der Waals surface area (Å²) in [5, 5.41) is 3.19. The van der Waals surface area contributed by atoms with Gasteiger partial charge < -0.3 is 5.32 Å². The van der Waals surface area contributed by atoms with E-state index in [9.17, 15) is 4.79 Å². The molecule has 1 aromatic carbocycles. The fourth-order valence-corrected chi connectivity index (χ4v) is 3.76. The summed E-state index contributed by atoms with van der Waals surface area (Å²) < 4.78 is 0. The Balaban J connectivity index is 1.48. The third kappa shape index (κ3) is 3.85. The molecule has 1 unspecified atom stereocenters. The molecule has 1 heterocycles. The molecule has 3 heteroatoms. The summed E-state index contributed by atoms with van der Waals surface area (Å²) in [5.74, 6) is 0.237. The molecule has 2 aliphatic rings. The number of benzene rings is 1. The lowest BCUT2D eigenvalue weighted by Crippen LogP contribution is -2.35. The van der Waals surface area contributed by atoms with Crippen molar-refractivity contribution < 1.29 is 4.79 Å². The first kappa shape index (κ1) is 14.6. The van der Waals surface area contributed by atoms with Gasteiger partial charge in [0.15, 0.2) is 0 Å². The number of rotatable bonds is 5. The normalized spacial score (nSPS) is 23.5. The number of likely N-dealkylation sites (tertiary alicyclic amines) is 1. The van der Waals surface area contributed by atoms with Crippen LogP contribution in [0.5, 0.6) is 0 Å². The highest BCUT2D eigenvalue weighted by Crippen LogP contribution is 2.31. The predicted octanol–water partition coefficient (Wildman–Crippen LogP) is 3.27. The first-order chi connectivity index (χ1) is 10.3. The lowest BCUT2D eigenvalue weighted by atomic mass is 10.0. The van der Waals surface area contributed by atoms with Crippen LogP contribution in [0.2, 0.25) is 0 Å². The first-order valence-corrected chi connectivity index (χ1v) is 8.41. The topological polar surface area (TPSA) is 32.3 Å². The molecule has 0 radical (unpaired) electrons. The second kappa shape index (κ2) is 7.08. The van der Waals surface area contributed by atoms with Crippen molar-refractivity contribution in [1.82, 2.24) is 10.2 Å². The lowest BCUT2D eigenvalue weighted by molar-refractivity contribution is -0.122. The van der Waals surface area contributed by atoms with Crippen LogP contribution in [-0.4, -0.2) is 29.9 Å². The van der Waals surface area contributed by atoms with Gasteiger partial charge >= 0.3 is 0 Å². The van der Waals surface area contributed by atoms with E-state index < -0.39 is 0 Å². The minimum Gasteiger partial charge on any atom is -0.353 e. The smallest absolute Gasteiger partial charge is 0.221 e. The summed E-state index contributed by atoms with van der Waals surface area (Å²) in [5.41, 5.74) is 1.39. The number of hydrogen-bond acceptors (Lipinski definition) is 2. The molecule has 0 bridgehead atoms. The van der Waals surface area contributed by atoms with Gasteiger partial charge in [0.05, 0.1) is 0 Å². The Hall–Kier alpha value is -1.35. The maximum absolute atomic E-state index is 12.1. The van der Waals surface area contributed by atoms with E-state index in [1.165, 1.54) is 44.1 Å². The zero-order valence-corrected chi connectivity index (χ0v) is 12.8. The molecule has 0 aromatic heterocycles. The van der Waals surface area contributed by atoms with Crippen LogP contribution in [0.15, 0.2) is 30.3 Å². The van der Waals surface area contributed by atoms with Gasteiger partial charge in [-0.3, -0.25) is 9.69 Å². The van der Waals surface area contributed by atoms with Gasteiger partial charge in [-0.2, -0.15) is 0 Å². The minimum atomic E-state index is 0.237.